The second kappa shape index (κ2) is 9.59. The monoisotopic (exact) mass is 524 g/mol. The molecule has 1 amide bonds. The summed E-state index contributed by atoms with van der Waals surface area (Å²) < 4.78 is 16.3. The number of rotatable bonds is 6. The Morgan fingerprint density at radius 3 is 2.73 bits per heavy atom. The topological polar surface area (TPSA) is 158 Å². The van der Waals surface area contributed by atoms with Gasteiger partial charge in [0.15, 0.2) is 17.2 Å². The molecule has 3 heterocycles. The molecule has 1 aliphatic carbocycles. The van der Waals surface area contributed by atoms with Crippen LogP contribution in [0.15, 0.2) is 18.3 Å². The first-order valence-corrected chi connectivity index (χ1v) is 11.9. The van der Waals surface area contributed by atoms with Gasteiger partial charge in [0.05, 0.1) is 46.8 Å². The Morgan fingerprint density at radius 1 is 1.30 bits per heavy atom. The van der Waals surface area contributed by atoms with E-state index in [1.165, 1.54) is 23.8 Å². The van der Waals surface area contributed by atoms with Gasteiger partial charge in [-0.3, -0.25) is 0 Å². The normalized spacial score (nSPS) is 19.2. The van der Waals surface area contributed by atoms with Crippen molar-refractivity contribution in [2.75, 3.05) is 35.7 Å². The van der Waals surface area contributed by atoms with Gasteiger partial charge in [-0.05, 0) is 31.4 Å². The van der Waals surface area contributed by atoms with Crippen LogP contribution in [0.3, 0.4) is 0 Å². The molecule has 2 aliphatic rings. The van der Waals surface area contributed by atoms with Gasteiger partial charge in [-0.2, -0.15) is 20.0 Å². The lowest BCUT2D eigenvalue weighted by Gasteiger charge is -2.39. The number of aromatic nitrogens is 4. The smallest absolute Gasteiger partial charge is 0.407 e. The second-order valence-electron chi connectivity index (χ2n) is 9.00. The summed E-state index contributed by atoms with van der Waals surface area (Å²) in [6, 6.07) is 6.72. The number of benzene rings is 1. The van der Waals surface area contributed by atoms with E-state index in [0.717, 1.165) is 17.7 Å². The van der Waals surface area contributed by atoms with Gasteiger partial charge >= 0.3 is 6.09 Å². The standard InChI is InChI=1S/C23H22ClFN10O2/c1-33(23(36)37)17-4-5-34(11-15(17)25)18-7-12(8-26)6-16(19(18)24)30-22-31-20(29-13-2-3-13)21-28-10-14(9-27)35(21)32-22/h6-7,10,13,15,17H,2-5,11H2,1H3,(H,36,37)(H2,29,30,31,32)/t15-,17-/m0/s1. The van der Waals surface area contributed by atoms with Crippen LogP contribution >= 0.6 is 11.6 Å². The average molecular weight is 525 g/mol. The molecule has 3 aromatic rings. The molecular weight excluding hydrogens is 503 g/mol. The van der Waals surface area contributed by atoms with Crippen molar-refractivity contribution in [1.29, 1.82) is 10.5 Å². The van der Waals surface area contributed by atoms with Gasteiger partial charge in [-0.25, -0.2) is 14.2 Å². The maximum atomic E-state index is 15.0. The van der Waals surface area contributed by atoms with Crippen LogP contribution in [0.5, 0.6) is 0 Å². The van der Waals surface area contributed by atoms with Gasteiger partial charge in [0, 0.05) is 19.6 Å². The number of halogens is 2. The maximum absolute atomic E-state index is 15.0. The average Bonchev–Trinajstić information content (AvgIpc) is 3.60. The fraction of sp³-hybridized carbons (Fsp3) is 0.391. The molecule has 14 heteroatoms. The number of nitrogens with zero attached hydrogens (tertiary/aromatic N) is 8. The van der Waals surface area contributed by atoms with E-state index in [-0.39, 0.29) is 41.2 Å². The van der Waals surface area contributed by atoms with E-state index in [4.69, 9.17) is 11.6 Å². The van der Waals surface area contributed by atoms with Gasteiger partial charge in [-0.15, -0.1) is 5.10 Å². The number of piperidine rings is 1. The first-order valence-electron chi connectivity index (χ1n) is 11.6. The van der Waals surface area contributed by atoms with Crippen molar-refractivity contribution in [3.63, 3.8) is 0 Å². The molecule has 5 rings (SSSR count). The first-order chi connectivity index (χ1) is 17.8. The van der Waals surface area contributed by atoms with E-state index in [1.807, 2.05) is 6.07 Å². The quantitative estimate of drug-likeness (QED) is 0.436. The number of hydrogen-bond acceptors (Lipinski definition) is 9. The van der Waals surface area contributed by atoms with Crippen molar-refractivity contribution in [1.82, 2.24) is 24.5 Å². The lowest BCUT2D eigenvalue weighted by molar-refractivity contribution is 0.0950. The van der Waals surface area contributed by atoms with E-state index < -0.39 is 18.3 Å². The van der Waals surface area contributed by atoms with Crippen LogP contribution in [-0.4, -0.2) is 74.1 Å². The Labute approximate surface area is 215 Å². The fourth-order valence-corrected chi connectivity index (χ4v) is 4.61. The highest BCUT2D eigenvalue weighted by Gasteiger charge is 2.35. The lowest BCUT2D eigenvalue weighted by Crippen LogP contribution is -2.52. The number of imidazole rings is 1. The predicted molar refractivity (Wildman–Crippen MR) is 133 cm³/mol. The van der Waals surface area contributed by atoms with E-state index in [0.29, 0.717) is 29.4 Å². The summed E-state index contributed by atoms with van der Waals surface area (Å²) in [7, 11) is 1.35. The van der Waals surface area contributed by atoms with Gasteiger partial charge in [0.2, 0.25) is 5.95 Å². The maximum Gasteiger partial charge on any atom is 0.407 e. The molecule has 1 saturated carbocycles. The number of nitriles is 2. The van der Waals surface area contributed by atoms with E-state index in [9.17, 15) is 24.8 Å². The molecule has 0 unspecified atom stereocenters. The first kappa shape index (κ1) is 24.3. The summed E-state index contributed by atoms with van der Waals surface area (Å²) in [6.45, 7) is 0.254. The molecule has 2 aromatic heterocycles. The van der Waals surface area contributed by atoms with Crippen LogP contribution in [0.4, 0.5) is 32.3 Å². The summed E-state index contributed by atoms with van der Waals surface area (Å²) >= 11 is 6.72. The second-order valence-corrected chi connectivity index (χ2v) is 9.38. The SMILES string of the molecule is CN(C(=O)O)[C@H]1CCN(c2cc(C#N)cc(Nc3nc(NC4CC4)c4ncc(C#N)n4n3)c2Cl)C[C@@H]1F. The van der Waals surface area contributed by atoms with E-state index >= 15 is 0 Å². The zero-order chi connectivity index (χ0) is 26.3. The molecule has 1 aromatic carbocycles. The largest absolute Gasteiger partial charge is 0.465 e. The van der Waals surface area contributed by atoms with Crippen LogP contribution in [0.2, 0.25) is 5.02 Å². The number of fused-ring (bicyclic) bond motifs is 1. The minimum Gasteiger partial charge on any atom is -0.465 e. The third-order valence-corrected chi connectivity index (χ3v) is 6.87. The van der Waals surface area contributed by atoms with Crippen molar-refractivity contribution in [3.8, 4) is 12.1 Å². The molecule has 0 spiro atoms. The van der Waals surface area contributed by atoms with Gasteiger partial charge in [0.1, 0.15) is 12.2 Å². The summed E-state index contributed by atoms with van der Waals surface area (Å²) in [5.41, 5.74) is 1.67. The Kier molecular flexibility index (Phi) is 6.31. The fourth-order valence-electron chi connectivity index (χ4n) is 4.33. The Hall–Kier alpha value is -4.36. The zero-order valence-corrected chi connectivity index (χ0v) is 20.4. The van der Waals surface area contributed by atoms with Crippen molar-refractivity contribution in [2.24, 2.45) is 0 Å². The molecule has 0 radical (unpaired) electrons. The summed E-state index contributed by atoms with van der Waals surface area (Å²) in [5, 5.41) is 39.2. The lowest BCUT2D eigenvalue weighted by atomic mass is 10.0. The van der Waals surface area contributed by atoms with Crippen molar-refractivity contribution >= 4 is 46.5 Å². The molecule has 12 nitrogen and oxygen atoms in total. The zero-order valence-electron chi connectivity index (χ0n) is 19.7. The van der Waals surface area contributed by atoms with E-state index in [2.05, 4.69) is 31.8 Å². The third-order valence-electron chi connectivity index (χ3n) is 6.47. The van der Waals surface area contributed by atoms with Crippen LogP contribution < -0.4 is 15.5 Å². The van der Waals surface area contributed by atoms with Crippen LogP contribution in [-0.2, 0) is 0 Å². The Balaban J connectivity index is 1.47. The van der Waals surface area contributed by atoms with Crippen LogP contribution in [0, 0.1) is 22.7 Å². The summed E-state index contributed by atoms with van der Waals surface area (Å²) in [5.74, 6) is 0.581. The van der Waals surface area contributed by atoms with Crippen LogP contribution in [0.25, 0.3) is 5.65 Å². The number of carbonyl (C=O) groups is 1. The molecule has 190 valence electrons. The number of amides is 1. The van der Waals surface area contributed by atoms with Gasteiger partial charge in [0.25, 0.3) is 0 Å². The molecule has 1 saturated heterocycles. The summed E-state index contributed by atoms with van der Waals surface area (Å²) in [4.78, 5) is 22.7. The molecule has 37 heavy (non-hydrogen) atoms. The van der Waals surface area contributed by atoms with E-state index in [1.54, 1.807) is 11.0 Å². The number of carboxylic acid groups (broad SMARTS) is 1. The molecule has 1 aliphatic heterocycles. The van der Waals surface area contributed by atoms with Crippen molar-refractivity contribution in [2.45, 2.75) is 37.5 Å². The molecular formula is C23H22ClFN10O2. The number of nitrogens with one attached hydrogen (secondary N) is 2. The Morgan fingerprint density at radius 2 is 2.08 bits per heavy atom. The highest BCUT2D eigenvalue weighted by Crippen LogP contribution is 2.38. The molecule has 0 bridgehead atoms. The van der Waals surface area contributed by atoms with Crippen LogP contribution in [0.1, 0.15) is 30.5 Å². The van der Waals surface area contributed by atoms with Crippen molar-refractivity contribution in [3.05, 3.63) is 34.6 Å². The number of alkyl halides is 1. The molecule has 2 fully saturated rings. The predicted octanol–water partition coefficient (Wildman–Crippen LogP) is 3.37. The third kappa shape index (κ3) is 4.73. The molecule has 2 atom stereocenters. The molecule has 3 N–H and O–H groups in total. The van der Waals surface area contributed by atoms with Gasteiger partial charge in [-0.1, -0.05) is 11.6 Å². The minimum atomic E-state index is -1.44. The summed E-state index contributed by atoms with van der Waals surface area (Å²) in [6.07, 6.45) is 1.03. The minimum absolute atomic E-state index is 0.0885. The number of anilines is 4. The highest BCUT2D eigenvalue weighted by atomic mass is 35.5. The highest BCUT2D eigenvalue weighted by molar-refractivity contribution is 6.36. The number of hydrogen-bond donors (Lipinski definition) is 3. The van der Waals surface area contributed by atoms with Crippen molar-refractivity contribution < 1.29 is 14.3 Å². The van der Waals surface area contributed by atoms with Gasteiger partial charge < -0.3 is 25.5 Å². The Bertz CT molecular complexity index is 1460.